The molecule has 1 unspecified atom stereocenters. The van der Waals surface area contributed by atoms with Gasteiger partial charge in [0.15, 0.2) is 0 Å². The van der Waals surface area contributed by atoms with Crippen molar-refractivity contribution in [1.82, 2.24) is 4.90 Å². The Kier molecular flexibility index (Phi) is 4.79. The number of hydrogen-bond donors (Lipinski definition) is 0. The molecule has 0 radical (unpaired) electrons. The van der Waals surface area contributed by atoms with E-state index < -0.39 is 0 Å². The van der Waals surface area contributed by atoms with Crippen molar-refractivity contribution in [3.63, 3.8) is 0 Å². The lowest BCUT2D eigenvalue weighted by Crippen LogP contribution is -2.35. The average Bonchev–Trinajstić information content (AvgIpc) is 2.92. The fraction of sp³-hybridized carbons (Fsp3) is 1.00. The minimum absolute atomic E-state index is 0.961. The van der Waals surface area contributed by atoms with Gasteiger partial charge in [0.05, 0.1) is 0 Å². The third-order valence-corrected chi connectivity index (χ3v) is 2.95. The first kappa shape index (κ1) is 11.0. The normalized spacial score (nSPS) is 29.3. The monoisotopic (exact) mass is 183 g/mol. The van der Waals surface area contributed by atoms with E-state index in [2.05, 4.69) is 11.8 Å². The van der Waals surface area contributed by atoms with Crippen molar-refractivity contribution in [1.29, 1.82) is 0 Å². The van der Waals surface area contributed by atoms with E-state index in [1.807, 2.05) is 13.8 Å². The Labute approximate surface area is 83.5 Å². The number of piperidine rings is 1. The van der Waals surface area contributed by atoms with Gasteiger partial charge in [0.25, 0.3) is 0 Å². The molecule has 0 aromatic rings. The van der Waals surface area contributed by atoms with Crippen molar-refractivity contribution in [2.24, 2.45) is 11.8 Å². The van der Waals surface area contributed by atoms with E-state index >= 15 is 0 Å². The predicted molar refractivity (Wildman–Crippen MR) is 58.9 cm³/mol. The zero-order chi connectivity index (χ0) is 9.68. The molecule has 1 saturated carbocycles. The highest BCUT2D eigenvalue weighted by Crippen LogP contribution is 2.31. The predicted octanol–water partition coefficient (Wildman–Crippen LogP) is 3.15. The molecule has 1 nitrogen and oxygen atoms in total. The van der Waals surface area contributed by atoms with E-state index in [1.54, 1.807) is 0 Å². The van der Waals surface area contributed by atoms with Gasteiger partial charge in [0, 0.05) is 13.1 Å². The molecule has 0 amide bonds. The first-order chi connectivity index (χ1) is 6.34. The maximum absolute atomic E-state index is 2.67. The topological polar surface area (TPSA) is 3.24 Å². The molecule has 1 aliphatic carbocycles. The lowest BCUT2D eigenvalue weighted by atomic mass is 10.0. The van der Waals surface area contributed by atoms with Gasteiger partial charge in [-0.15, -0.1) is 0 Å². The highest BCUT2D eigenvalue weighted by Gasteiger charge is 2.26. The minimum atomic E-state index is 0.961. The molecule has 0 spiro atoms. The van der Waals surface area contributed by atoms with E-state index in [4.69, 9.17) is 0 Å². The van der Waals surface area contributed by atoms with E-state index in [0.29, 0.717) is 0 Å². The Morgan fingerprint density at radius 2 is 1.85 bits per heavy atom. The van der Waals surface area contributed by atoms with Gasteiger partial charge < -0.3 is 4.90 Å². The molecule has 78 valence electrons. The molecule has 1 heteroatoms. The molecule has 1 heterocycles. The summed E-state index contributed by atoms with van der Waals surface area (Å²) in [6.07, 6.45) is 5.91. The highest BCUT2D eigenvalue weighted by atomic mass is 15.1. The molecule has 2 aliphatic rings. The maximum atomic E-state index is 2.67. The number of likely N-dealkylation sites (tertiary alicyclic amines) is 1. The lowest BCUT2D eigenvalue weighted by molar-refractivity contribution is 0.177. The molecule has 0 bridgehead atoms. The summed E-state index contributed by atoms with van der Waals surface area (Å²) in [5.74, 6) is 2.04. The van der Waals surface area contributed by atoms with E-state index in [0.717, 1.165) is 11.8 Å². The van der Waals surface area contributed by atoms with Crippen LogP contribution in [0.2, 0.25) is 0 Å². The van der Waals surface area contributed by atoms with Crippen molar-refractivity contribution in [2.45, 2.75) is 46.5 Å². The number of hydrogen-bond acceptors (Lipinski definition) is 1. The molecule has 1 atom stereocenters. The summed E-state index contributed by atoms with van der Waals surface area (Å²) in [5.41, 5.74) is 0. The second kappa shape index (κ2) is 5.64. The molecule has 1 aliphatic heterocycles. The maximum Gasteiger partial charge on any atom is 0.000977 e. The van der Waals surface area contributed by atoms with E-state index in [-0.39, 0.29) is 0 Å². The van der Waals surface area contributed by atoms with Gasteiger partial charge in [0.2, 0.25) is 0 Å². The highest BCUT2D eigenvalue weighted by molar-refractivity contribution is 4.79. The molecular formula is C12H25N. The Bertz CT molecular complexity index is 127. The molecular weight excluding hydrogens is 158 g/mol. The van der Waals surface area contributed by atoms with Crippen LogP contribution in [0.5, 0.6) is 0 Å². The van der Waals surface area contributed by atoms with Crippen LogP contribution in [-0.2, 0) is 0 Å². The number of rotatable bonds is 2. The third-order valence-electron chi connectivity index (χ3n) is 2.95. The zero-order valence-corrected chi connectivity index (χ0v) is 9.55. The van der Waals surface area contributed by atoms with Crippen LogP contribution < -0.4 is 0 Å². The van der Waals surface area contributed by atoms with Gasteiger partial charge in [0.1, 0.15) is 0 Å². The second-order valence-corrected chi connectivity index (χ2v) is 4.45. The van der Waals surface area contributed by atoms with Crippen molar-refractivity contribution in [2.75, 3.05) is 19.6 Å². The summed E-state index contributed by atoms with van der Waals surface area (Å²) in [6.45, 7) is 10.5. The van der Waals surface area contributed by atoms with Crippen LogP contribution in [-0.4, -0.2) is 24.5 Å². The molecule has 0 aromatic heterocycles. The number of nitrogens with zero attached hydrogens (tertiary/aromatic N) is 1. The fourth-order valence-corrected chi connectivity index (χ4v) is 2.12. The summed E-state index contributed by atoms with van der Waals surface area (Å²) < 4.78 is 0. The molecule has 0 N–H and O–H groups in total. The largest absolute Gasteiger partial charge is 0.303 e. The first-order valence-electron chi connectivity index (χ1n) is 6.07. The Hall–Kier alpha value is -0.0400. The average molecular weight is 183 g/mol. The summed E-state index contributed by atoms with van der Waals surface area (Å²) in [5, 5.41) is 0. The van der Waals surface area contributed by atoms with E-state index in [1.165, 1.54) is 45.3 Å². The van der Waals surface area contributed by atoms with Crippen LogP contribution in [0.25, 0.3) is 0 Å². The third kappa shape index (κ3) is 4.12. The van der Waals surface area contributed by atoms with Gasteiger partial charge in [-0.3, -0.25) is 0 Å². The Balaban J connectivity index is 0.000000396. The van der Waals surface area contributed by atoms with Gasteiger partial charge in [-0.2, -0.15) is 0 Å². The van der Waals surface area contributed by atoms with Gasteiger partial charge in [-0.25, -0.2) is 0 Å². The standard InChI is InChI=1S/C10H19N.C2H6/c1-9-3-2-6-11(7-9)8-10-4-5-10;1-2/h9-10H,2-8H2,1H3;1-2H3. The van der Waals surface area contributed by atoms with Crippen LogP contribution in [0.3, 0.4) is 0 Å². The van der Waals surface area contributed by atoms with Crippen LogP contribution >= 0.6 is 0 Å². The Morgan fingerprint density at radius 3 is 2.38 bits per heavy atom. The summed E-state index contributed by atoms with van der Waals surface area (Å²) in [7, 11) is 0. The first-order valence-corrected chi connectivity index (χ1v) is 6.07. The fourth-order valence-electron chi connectivity index (χ4n) is 2.12. The van der Waals surface area contributed by atoms with Crippen LogP contribution in [0.1, 0.15) is 46.5 Å². The summed E-state index contributed by atoms with van der Waals surface area (Å²) in [4.78, 5) is 2.67. The molecule has 13 heavy (non-hydrogen) atoms. The smallest absolute Gasteiger partial charge is 0.000977 e. The van der Waals surface area contributed by atoms with Crippen molar-refractivity contribution in [3.8, 4) is 0 Å². The summed E-state index contributed by atoms with van der Waals surface area (Å²) in [6, 6.07) is 0. The molecule has 2 rings (SSSR count). The lowest BCUT2D eigenvalue weighted by Gasteiger charge is -2.30. The molecule has 0 aromatic carbocycles. The van der Waals surface area contributed by atoms with Gasteiger partial charge >= 0.3 is 0 Å². The summed E-state index contributed by atoms with van der Waals surface area (Å²) >= 11 is 0. The molecule has 1 saturated heterocycles. The zero-order valence-electron chi connectivity index (χ0n) is 9.55. The van der Waals surface area contributed by atoms with Crippen LogP contribution in [0.4, 0.5) is 0 Å². The molecule has 2 fully saturated rings. The van der Waals surface area contributed by atoms with Crippen LogP contribution in [0, 0.1) is 11.8 Å². The van der Waals surface area contributed by atoms with Gasteiger partial charge in [-0.1, -0.05) is 20.8 Å². The van der Waals surface area contributed by atoms with E-state index in [9.17, 15) is 0 Å². The van der Waals surface area contributed by atoms with Crippen molar-refractivity contribution >= 4 is 0 Å². The minimum Gasteiger partial charge on any atom is -0.303 e. The quantitative estimate of drug-likeness (QED) is 0.635. The van der Waals surface area contributed by atoms with Crippen LogP contribution in [0.15, 0.2) is 0 Å². The second-order valence-electron chi connectivity index (χ2n) is 4.45. The van der Waals surface area contributed by atoms with Crippen molar-refractivity contribution in [3.05, 3.63) is 0 Å². The van der Waals surface area contributed by atoms with Crippen molar-refractivity contribution < 1.29 is 0 Å². The Morgan fingerprint density at radius 1 is 1.15 bits per heavy atom. The SMILES string of the molecule is CC.CC1CCCN(CC2CC2)C1. The van der Waals surface area contributed by atoms with Gasteiger partial charge in [-0.05, 0) is 44.1 Å².